The molecule has 2 aromatic heterocycles. The fourth-order valence-corrected chi connectivity index (χ4v) is 5.10. The van der Waals surface area contributed by atoms with Crippen LogP contribution in [0.4, 0.5) is 20.3 Å². The standard InChI is InChI=1S/C29H28F2N6O4S/c1-16-10-18(41-26-7-5-4-6-20(26)30)8-9-25(16)37-28(32)19(14-33-37)27(38)24-12-17-11-21(31)23(13-22(17)35-24)36-42(40)34-15-29(2,3)39/h4-14,34-36,39H,15,32H2,1-3H3. The molecule has 3 aromatic carbocycles. The zero-order valence-corrected chi connectivity index (χ0v) is 23.7. The van der Waals surface area contributed by atoms with Crippen molar-refractivity contribution in [2.24, 2.45) is 0 Å². The number of hydrogen-bond acceptors (Lipinski definition) is 8. The lowest BCUT2D eigenvalue weighted by Crippen LogP contribution is -2.40. The third kappa shape index (κ3) is 6.24. The van der Waals surface area contributed by atoms with E-state index >= 15 is 0 Å². The summed E-state index contributed by atoms with van der Waals surface area (Å²) in [5, 5.41) is 14.5. The molecule has 218 valence electrons. The third-order valence-electron chi connectivity index (χ3n) is 6.30. The highest BCUT2D eigenvalue weighted by atomic mass is 32.2. The van der Waals surface area contributed by atoms with E-state index in [-0.39, 0.29) is 35.1 Å². The van der Waals surface area contributed by atoms with E-state index in [0.29, 0.717) is 27.9 Å². The lowest BCUT2D eigenvalue weighted by molar-refractivity contribution is 0.0857. The number of anilines is 2. The van der Waals surface area contributed by atoms with Gasteiger partial charge in [-0.2, -0.15) is 9.82 Å². The van der Waals surface area contributed by atoms with Crippen molar-refractivity contribution in [2.45, 2.75) is 26.4 Å². The molecule has 0 amide bonds. The second-order valence-electron chi connectivity index (χ2n) is 10.3. The fraction of sp³-hybridized carbons (Fsp3) is 0.172. The maximum absolute atomic E-state index is 14.7. The number of benzene rings is 3. The molecule has 0 radical (unpaired) electrons. The molecule has 0 saturated heterocycles. The molecule has 2 heterocycles. The summed E-state index contributed by atoms with van der Waals surface area (Å²) in [6.07, 6.45) is 1.34. The number of H-pyrrole nitrogens is 1. The van der Waals surface area contributed by atoms with Gasteiger partial charge in [0, 0.05) is 10.9 Å². The Kier molecular flexibility index (Phi) is 7.93. The Morgan fingerprint density at radius 1 is 1.17 bits per heavy atom. The summed E-state index contributed by atoms with van der Waals surface area (Å²) in [4.78, 5) is 16.3. The third-order valence-corrected chi connectivity index (χ3v) is 7.12. The molecule has 5 rings (SSSR count). The number of carbonyl (C=O) groups is 1. The first-order valence-electron chi connectivity index (χ1n) is 12.8. The number of rotatable bonds is 10. The number of carbonyl (C=O) groups excluding carboxylic acids is 1. The number of halogens is 2. The summed E-state index contributed by atoms with van der Waals surface area (Å²) in [6, 6.07) is 15.2. The average Bonchev–Trinajstić information content (AvgIpc) is 3.51. The van der Waals surface area contributed by atoms with Crippen LogP contribution in [0.1, 0.15) is 35.5 Å². The molecular formula is C29H28F2N6O4S. The quantitative estimate of drug-likeness (QED) is 0.113. The number of aryl methyl sites for hydroxylation is 1. The van der Waals surface area contributed by atoms with Gasteiger partial charge >= 0.3 is 0 Å². The van der Waals surface area contributed by atoms with Gasteiger partial charge < -0.3 is 25.1 Å². The molecule has 0 aliphatic rings. The molecule has 1 unspecified atom stereocenters. The SMILES string of the molecule is Cc1cc(Oc2ccccc2F)ccc1-n1ncc(C(=O)c2cc3cc(F)c(N[S+]([O-])NCC(C)(C)O)cc3[nH]2)c1N. The fourth-order valence-electron chi connectivity index (χ4n) is 4.19. The largest absolute Gasteiger partial charge is 0.574 e. The minimum absolute atomic E-state index is 0.0118. The van der Waals surface area contributed by atoms with E-state index in [0.717, 1.165) is 0 Å². The summed E-state index contributed by atoms with van der Waals surface area (Å²) >= 11 is -1.87. The lowest BCUT2D eigenvalue weighted by Gasteiger charge is -2.19. The van der Waals surface area contributed by atoms with Gasteiger partial charge in [0.05, 0.1) is 35.3 Å². The summed E-state index contributed by atoms with van der Waals surface area (Å²) < 4.78 is 53.1. The van der Waals surface area contributed by atoms with Crippen molar-refractivity contribution < 1.29 is 28.0 Å². The molecule has 0 bridgehead atoms. The maximum Gasteiger partial charge on any atom is 0.214 e. The summed E-state index contributed by atoms with van der Waals surface area (Å²) in [5.74, 6) is -1.03. The van der Waals surface area contributed by atoms with Gasteiger partial charge in [-0.25, -0.2) is 13.5 Å². The number of nitrogens with zero attached hydrogens (tertiary/aromatic N) is 2. The van der Waals surface area contributed by atoms with Crippen molar-refractivity contribution in [1.82, 2.24) is 19.5 Å². The topological polar surface area (TPSA) is 153 Å². The van der Waals surface area contributed by atoms with Crippen LogP contribution < -0.4 is 19.9 Å². The predicted octanol–water partition coefficient (Wildman–Crippen LogP) is 4.90. The number of nitrogens with two attached hydrogens (primary N) is 1. The van der Waals surface area contributed by atoms with Crippen molar-refractivity contribution in [3.63, 3.8) is 0 Å². The number of aliphatic hydroxyl groups is 1. The van der Waals surface area contributed by atoms with Gasteiger partial charge in [0.25, 0.3) is 0 Å². The number of ether oxygens (including phenoxy) is 1. The number of aromatic amines is 1. The van der Waals surface area contributed by atoms with E-state index in [1.807, 2.05) is 0 Å². The Bertz CT molecular complexity index is 1780. The van der Waals surface area contributed by atoms with Crippen molar-refractivity contribution in [2.75, 3.05) is 17.0 Å². The number of aromatic nitrogens is 3. The summed E-state index contributed by atoms with van der Waals surface area (Å²) in [6.45, 7) is 4.90. The molecule has 0 fully saturated rings. The van der Waals surface area contributed by atoms with Crippen LogP contribution in [0.5, 0.6) is 11.5 Å². The van der Waals surface area contributed by atoms with E-state index in [1.165, 1.54) is 41.2 Å². The lowest BCUT2D eigenvalue weighted by atomic mass is 10.1. The van der Waals surface area contributed by atoms with E-state index in [4.69, 9.17) is 10.5 Å². The zero-order chi connectivity index (χ0) is 30.2. The van der Waals surface area contributed by atoms with Crippen LogP contribution in [0.3, 0.4) is 0 Å². The van der Waals surface area contributed by atoms with Crippen molar-refractivity contribution in [3.8, 4) is 17.2 Å². The monoisotopic (exact) mass is 594 g/mol. The Balaban J connectivity index is 1.35. The smallest absolute Gasteiger partial charge is 0.214 e. The van der Waals surface area contributed by atoms with Crippen LogP contribution in [0.25, 0.3) is 16.6 Å². The van der Waals surface area contributed by atoms with Crippen LogP contribution in [0.15, 0.2) is 66.9 Å². The molecule has 10 nitrogen and oxygen atoms in total. The predicted molar refractivity (Wildman–Crippen MR) is 157 cm³/mol. The molecule has 5 aromatic rings. The van der Waals surface area contributed by atoms with E-state index in [9.17, 15) is 23.2 Å². The molecule has 13 heteroatoms. The number of hydrogen-bond donors (Lipinski definition) is 5. The minimum atomic E-state index is -1.87. The van der Waals surface area contributed by atoms with Gasteiger partial charge in [-0.15, -0.1) is 4.72 Å². The van der Waals surface area contributed by atoms with Crippen LogP contribution in [-0.4, -0.2) is 42.4 Å². The molecule has 42 heavy (non-hydrogen) atoms. The van der Waals surface area contributed by atoms with Gasteiger partial charge in [-0.05, 0) is 74.9 Å². The van der Waals surface area contributed by atoms with Crippen molar-refractivity contribution >= 4 is 39.7 Å². The number of para-hydroxylation sites is 1. The normalized spacial score (nSPS) is 12.5. The first-order chi connectivity index (χ1) is 19.9. The van der Waals surface area contributed by atoms with Gasteiger partial charge in [0.2, 0.25) is 5.78 Å². The molecule has 6 N–H and O–H groups in total. The minimum Gasteiger partial charge on any atom is -0.574 e. The Morgan fingerprint density at radius 3 is 2.64 bits per heavy atom. The van der Waals surface area contributed by atoms with E-state index in [2.05, 4.69) is 19.5 Å². The zero-order valence-electron chi connectivity index (χ0n) is 22.9. The molecule has 1 atom stereocenters. The molecular weight excluding hydrogens is 566 g/mol. The Labute approximate surface area is 242 Å². The van der Waals surface area contributed by atoms with Crippen LogP contribution >= 0.6 is 0 Å². The summed E-state index contributed by atoms with van der Waals surface area (Å²) in [5.41, 5.74) is 7.18. The Hall–Kier alpha value is -4.43. The average molecular weight is 595 g/mol. The molecule has 0 aliphatic heterocycles. The number of ketones is 1. The van der Waals surface area contributed by atoms with Crippen LogP contribution in [0, 0.1) is 18.6 Å². The highest BCUT2D eigenvalue weighted by molar-refractivity contribution is 7.90. The Morgan fingerprint density at radius 2 is 1.93 bits per heavy atom. The number of nitrogen functional groups attached to an aromatic ring is 1. The van der Waals surface area contributed by atoms with Crippen molar-refractivity contribution in [3.05, 3.63) is 95.3 Å². The maximum atomic E-state index is 14.7. The first-order valence-corrected chi connectivity index (χ1v) is 13.9. The summed E-state index contributed by atoms with van der Waals surface area (Å²) in [7, 11) is 0. The second-order valence-corrected chi connectivity index (χ2v) is 11.3. The van der Waals surface area contributed by atoms with E-state index < -0.39 is 34.6 Å². The van der Waals surface area contributed by atoms with E-state index in [1.54, 1.807) is 51.1 Å². The molecule has 0 saturated carbocycles. The van der Waals surface area contributed by atoms with Gasteiger partial charge in [0.1, 0.15) is 17.3 Å². The number of fused-ring (bicyclic) bond motifs is 1. The first kappa shape index (κ1) is 29.1. The van der Waals surface area contributed by atoms with Crippen molar-refractivity contribution in [1.29, 1.82) is 0 Å². The van der Waals surface area contributed by atoms with Gasteiger partial charge in [-0.1, -0.05) is 12.1 Å². The highest BCUT2D eigenvalue weighted by Crippen LogP contribution is 2.30. The van der Waals surface area contributed by atoms with Crippen LogP contribution in [-0.2, 0) is 11.5 Å². The van der Waals surface area contributed by atoms with Crippen LogP contribution in [0.2, 0.25) is 0 Å². The molecule has 0 aliphatic carbocycles. The highest BCUT2D eigenvalue weighted by Gasteiger charge is 2.22. The van der Waals surface area contributed by atoms with Gasteiger partial charge in [0.15, 0.2) is 28.9 Å². The second kappa shape index (κ2) is 11.4. The molecule has 0 spiro atoms. The number of nitrogens with one attached hydrogen (secondary N) is 3. The van der Waals surface area contributed by atoms with Gasteiger partial charge in [-0.3, -0.25) is 4.79 Å².